The van der Waals surface area contributed by atoms with Gasteiger partial charge < -0.3 is 14.6 Å². The van der Waals surface area contributed by atoms with Crippen LogP contribution in [0.5, 0.6) is 0 Å². The number of aryl methyl sites for hydroxylation is 1. The minimum absolute atomic E-state index is 0.151. The van der Waals surface area contributed by atoms with Crippen LogP contribution in [0.4, 0.5) is 5.69 Å². The standard InChI is InChI=1S/C13H17N3O5/c1-3-14-8-9(16(20)21)7-10(14)11(17)15-6-4-5-13(15,2)12(18)19/h7-8H,3-6H2,1-2H3,(H,18,19). The zero-order valence-corrected chi connectivity index (χ0v) is 11.9. The van der Waals surface area contributed by atoms with Crippen LogP contribution in [-0.2, 0) is 11.3 Å². The Kier molecular flexibility index (Phi) is 3.71. The maximum absolute atomic E-state index is 12.6. The van der Waals surface area contributed by atoms with Crippen molar-refractivity contribution in [3.8, 4) is 0 Å². The monoisotopic (exact) mass is 295 g/mol. The number of rotatable bonds is 4. The highest BCUT2D eigenvalue weighted by molar-refractivity contribution is 5.97. The molecule has 1 aliphatic heterocycles. The van der Waals surface area contributed by atoms with Gasteiger partial charge in [0, 0.05) is 19.2 Å². The Morgan fingerprint density at radius 1 is 1.52 bits per heavy atom. The third-order valence-corrected chi connectivity index (χ3v) is 4.00. The Hall–Kier alpha value is -2.38. The van der Waals surface area contributed by atoms with Crippen molar-refractivity contribution in [2.75, 3.05) is 6.54 Å². The highest BCUT2D eigenvalue weighted by Gasteiger charge is 2.46. The average Bonchev–Trinajstić information content (AvgIpc) is 3.02. The average molecular weight is 295 g/mol. The fraction of sp³-hybridized carbons (Fsp3) is 0.538. The molecule has 114 valence electrons. The maximum atomic E-state index is 12.6. The lowest BCUT2D eigenvalue weighted by atomic mass is 9.99. The quantitative estimate of drug-likeness (QED) is 0.669. The van der Waals surface area contributed by atoms with Crippen LogP contribution in [0.3, 0.4) is 0 Å². The van der Waals surface area contributed by atoms with E-state index in [0.717, 1.165) is 0 Å². The Balaban J connectivity index is 2.40. The van der Waals surface area contributed by atoms with Crippen molar-refractivity contribution >= 4 is 17.6 Å². The Morgan fingerprint density at radius 3 is 2.71 bits per heavy atom. The smallest absolute Gasteiger partial charge is 0.329 e. The predicted molar refractivity (Wildman–Crippen MR) is 73.1 cm³/mol. The molecule has 1 fully saturated rings. The molecular weight excluding hydrogens is 278 g/mol. The van der Waals surface area contributed by atoms with Crippen LogP contribution in [0.1, 0.15) is 37.2 Å². The van der Waals surface area contributed by atoms with E-state index in [0.29, 0.717) is 25.9 Å². The van der Waals surface area contributed by atoms with E-state index in [-0.39, 0.29) is 11.4 Å². The minimum atomic E-state index is -1.26. The molecule has 1 atom stereocenters. The molecule has 1 unspecified atom stereocenters. The number of nitrogens with zero attached hydrogens (tertiary/aromatic N) is 3. The van der Waals surface area contributed by atoms with Crippen molar-refractivity contribution in [1.29, 1.82) is 0 Å². The Bertz CT molecular complexity index is 609. The summed E-state index contributed by atoms with van der Waals surface area (Å²) in [4.78, 5) is 35.6. The first-order chi connectivity index (χ1) is 9.81. The zero-order chi connectivity index (χ0) is 15.8. The summed E-state index contributed by atoms with van der Waals surface area (Å²) in [6, 6.07) is 1.20. The summed E-state index contributed by atoms with van der Waals surface area (Å²) >= 11 is 0. The third-order valence-electron chi connectivity index (χ3n) is 4.00. The second kappa shape index (κ2) is 5.19. The molecule has 0 radical (unpaired) electrons. The predicted octanol–water partition coefficient (Wildman–Crippen LogP) is 1.50. The molecule has 2 heterocycles. The van der Waals surface area contributed by atoms with Gasteiger partial charge in [-0.15, -0.1) is 0 Å². The van der Waals surface area contributed by atoms with Crippen molar-refractivity contribution in [2.45, 2.75) is 38.8 Å². The molecule has 2 rings (SSSR count). The fourth-order valence-corrected chi connectivity index (χ4v) is 2.68. The van der Waals surface area contributed by atoms with Gasteiger partial charge in [0.1, 0.15) is 11.2 Å². The van der Waals surface area contributed by atoms with Gasteiger partial charge in [0.15, 0.2) is 0 Å². The topological polar surface area (TPSA) is 106 Å². The van der Waals surface area contributed by atoms with E-state index in [9.17, 15) is 24.8 Å². The van der Waals surface area contributed by atoms with E-state index < -0.39 is 22.3 Å². The molecule has 0 aromatic carbocycles. The van der Waals surface area contributed by atoms with Gasteiger partial charge >= 0.3 is 5.97 Å². The highest BCUT2D eigenvalue weighted by atomic mass is 16.6. The second-order valence-corrected chi connectivity index (χ2v) is 5.27. The molecular formula is C13H17N3O5. The first-order valence-electron chi connectivity index (χ1n) is 6.71. The maximum Gasteiger partial charge on any atom is 0.329 e. The molecule has 1 aromatic heterocycles. The van der Waals surface area contributed by atoms with Crippen LogP contribution in [0.25, 0.3) is 0 Å². The van der Waals surface area contributed by atoms with Gasteiger partial charge in [-0.1, -0.05) is 0 Å². The van der Waals surface area contributed by atoms with Gasteiger partial charge in [-0.2, -0.15) is 0 Å². The number of hydrogen-bond donors (Lipinski definition) is 1. The zero-order valence-electron chi connectivity index (χ0n) is 11.9. The van der Waals surface area contributed by atoms with Crippen LogP contribution >= 0.6 is 0 Å². The number of carboxylic acids is 1. The van der Waals surface area contributed by atoms with E-state index in [4.69, 9.17) is 0 Å². The molecule has 1 aromatic rings. The molecule has 8 heteroatoms. The van der Waals surface area contributed by atoms with Crippen molar-refractivity contribution in [2.24, 2.45) is 0 Å². The summed E-state index contributed by atoms with van der Waals surface area (Å²) in [5, 5.41) is 20.2. The second-order valence-electron chi connectivity index (χ2n) is 5.27. The van der Waals surface area contributed by atoms with Gasteiger partial charge in [-0.25, -0.2) is 4.79 Å². The summed E-state index contributed by atoms with van der Waals surface area (Å²) in [5.74, 6) is -1.54. The normalized spacial score (nSPS) is 21.5. The third kappa shape index (κ3) is 2.37. The lowest BCUT2D eigenvalue weighted by Crippen LogP contribution is -2.51. The number of nitro groups is 1. The number of amides is 1. The van der Waals surface area contributed by atoms with Gasteiger partial charge in [0.25, 0.3) is 11.6 Å². The SMILES string of the molecule is CCn1cc([N+](=O)[O-])cc1C(=O)N1CCCC1(C)C(=O)O. The summed E-state index contributed by atoms with van der Waals surface area (Å²) in [7, 11) is 0. The molecule has 1 saturated heterocycles. The lowest BCUT2D eigenvalue weighted by molar-refractivity contribution is -0.384. The molecule has 8 nitrogen and oxygen atoms in total. The van der Waals surface area contributed by atoms with Gasteiger partial charge in [-0.3, -0.25) is 14.9 Å². The summed E-state index contributed by atoms with van der Waals surface area (Å²) in [6.07, 6.45) is 2.27. The molecule has 1 N–H and O–H groups in total. The van der Waals surface area contributed by atoms with Crippen LogP contribution in [-0.4, -0.2) is 43.5 Å². The Morgan fingerprint density at radius 2 is 2.19 bits per heavy atom. The van der Waals surface area contributed by atoms with Gasteiger partial charge in [-0.05, 0) is 26.7 Å². The number of likely N-dealkylation sites (tertiary alicyclic amines) is 1. The van der Waals surface area contributed by atoms with E-state index in [2.05, 4.69) is 0 Å². The molecule has 1 amide bonds. The fourth-order valence-electron chi connectivity index (χ4n) is 2.68. The number of carbonyl (C=O) groups is 2. The lowest BCUT2D eigenvalue weighted by Gasteiger charge is -2.31. The minimum Gasteiger partial charge on any atom is -0.480 e. The van der Waals surface area contributed by atoms with Crippen LogP contribution in [0, 0.1) is 10.1 Å². The Labute approximate surface area is 121 Å². The van der Waals surface area contributed by atoms with Crippen molar-refractivity contribution < 1.29 is 19.6 Å². The largest absolute Gasteiger partial charge is 0.480 e. The summed E-state index contributed by atoms with van der Waals surface area (Å²) < 4.78 is 1.47. The first-order valence-corrected chi connectivity index (χ1v) is 6.71. The van der Waals surface area contributed by atoms with Gasteiger partial charge in [0.2, 0.25) is 0 Å². The first kappa shape index (κ1) is 15.0. The van der Waals surface area contributed by atoms with Crippen molar-refractivity contribution in [3.05, 3.63) is 28.1 Å². The number of carboxylic acid groups (broad SMARTS) is 1. The molecule has 0 aliphatic carbocycles. The van der Waals surface area contributed by atoms with Crippen LogP contribution in [0.2, 0.25) is 0 Å². The number of aromatic nitrogens is 1. The summed E-state index contributed by atoms with van der Waals surface area (Å²) in [5.41, 5.74) is -1.27. The molecule has 21 heavy (non-hydrogen) atoms. The molecule has 1 aliphatic rings. The van der Waals surface area contributed by atoms with E-state index in [1.165, 1.54) is 28.7 Å². The van der Waals surface area contributed by atoms with Crippen LogP contribution < -0.4 is 0 Å². The summed E-state index contributed by atoms with van der Waals surface area (Å²) in [6.45, 7) is 4.01. The van der Waals surface area contributed by atoms with Crippen molar-refractivity contribution in [1.82, 2.24) is 9.47 Å². The number of aliphatic carboxylic acids is 1. The number of hydrogen-bond acceptors (Lipinski definition) is 4. The van der Waals surface area contributed by atoms with E-state index >= 15 is 0 Å². The van der Waals surface area contributed by atoms with E-state index in [1.54, 1.807) is 6.92 Å². The number of carbonyl (C=O) groups excluding carboxylic acids is 1. The molecule has 0 spiro atoms. The van der Waals surface area contributed by atoms with Gasteiger partial charge in [0.05, 0.1) is 11.1 Å². The molecule has 0 saturated carbocycles. The highest BCUT2D eigenvalue weighted by Crippen LogP contribution is 2.31. The van der Waals surface area contributed by atoms with E-state index in [1.807, 2.05) is 0 Å². The molecule has 0 bridgehead atoms. The van der Waals surface area contributed by atoms with Crippen LogP contribution in [0.15, 0.2) is 12.3 Å². The van der Waals surface area contributed by atoms with Crippen molar-refractivity contribution in [3.63, 3.8) is 0 Å².